The Morgan fingerprint density at radius 1 is 1.12 bits per heavy atom. The second-order valence-electron chi connectivity index (χ2n) is 5.34. The van der Waals surface area contributed by atoms with Crippen molar-refractivity contribution in [2.24, 2.45) is 0 Å². The van der Waals surface area contributed by atoms with E-state index in [9.17, 15) is 4.79 Å². The lowest BCUT2D eigenvalue weighted by atomic mass is 10.1. The van der Waals surface area contributed by atoms with Gasteiger partial charge in [0.05, 0.1) is 31.0 Å². The third-order valence-electron chi connectivity index (χ3n) is 3.66. The van der Waals surface area contributed by atoms with Crippen molar-refractivity contribution in [2.75, 3.05) is 20.0 Å². The average molecular weight is 423 g/mol. The number of Topliss-reactive ketones (excluding diaryl/α,β-unsaturated/α-hetero) is 1. The van der Waals surface area contributed by atoms with E-state index >= 15 is 0 Å². The van der Waals surface area contributed by atoms with E-state index in [1.165, 1.54) is 17.3 Å². The van der Waals surface area contributed by atoms with Crippen molar-refractivity contribution in [1.82, 2.24) is 9.97 Å². The quantitative estimate of drug-likeness (QED) is 0.469. The Kier molecular flexibility index (Phi) is 6.50. The fourth-order valence-corrected chi connectivity index (χ4v) is 3.17. The number of aromatic nitrogens is 2. The SMILES string of the molecule is Br.COc1ccc(C(=O)CSc2nc3ccc(C)cc3[nH]2)cc1OC. The van der Waals surface area contributed by atoms with E-state index in [0.29, 0.717) is 22.8 Å². The zero-order chi connectivity index (χ0) is 17.1. The molecule has 0 spiro atoms. The molecule has 1 N–H and O–H groups in total. The van der Waals surface area contributed by atoms with E-state index in [2.05, 4.69) is 9.97 Å². The van der Waals surface area contributed by atoms with Crippen LogP contribution in [0.2, 0.25) is 0 Å². The summed E-state index contributed by atoms with van der Waals surface area (Å²) in [6.07, 6.45) is 0. The summed E-state index contributed by atoms with van der Waals surface area (Å²) >= 11 is 1.39. The molecule has 0 bridgehead atoms. The summed E-state index contributed by atoms with van der Waals surface area (Å²) < 4.78 is 10.4. The highest BCUT2D eigenvalue weighted by atomic mass is 79.9. The van der Waals surface area contributed by atoms with Gasteiger partial charge in [-0.25, -0.2) is 4.98 Å². The number of fused-ring (bicyclic) bond motifs is 1. The second-order valence-corrected chi connectivity index (χ2v) is 6.31. The summed E-state index contributed by atoms with van der Waals surface area (Å²) in [7, 11) is 3.12. The van der Waals surface area contributed by atoms with Crippen molar-refractivity contribution < 1.29 is 14.3 Å². The molecule has 0 amide bonds. The van der Waals surface area contributed by atoms with Crippen LogP contribution in [-0.2, 0) is 0 Å². The van der Waals surface area contributed by atoms with Crippen LogP contribution in [0.25, 0.3) is 11.0 Å². The highest BCUT2D eigenvalue weighted by Crippen LogP contribution is 2.28. The Labute approximate surface area is 160 Å². The number of hydrogen-bond acceptors (Lipinski definition) is 5. The Hall–Kier alpha value is -1.99. The maximum Gasteiger partial charge on any atom is 0.173 e. The van der Waals surface area contributed by atoms with Gasteiger partial charge in [0.2, 0.25) is 0 Å². The minimum Gasteiger partial charge on any atom is -0.493 e. The maximum absolute atomic E-state index is 12.4. The summed E-state index contributed by atoms with van der Waals surface area (Å²) in [6, 6.07) is 11.2. The smallest absolute Gasteiger partial charge is 0.173 e. The number of ketones is 1. The highest BCUT2D eigenvalue weighted by Gasteiger charge is 2.12. The summed E-state index contributed by atoms with van der Waals surface area (Å²) in [5.74, 6) is 1.47. The highest BCUT2D eigenvalue weighted by molar-refractivity contribution is 8.93. The van der Waals surface area contributed by atoms with Gasteiger partial charge in [0, 0.05) is 5.56 Å². The zero-order valence-corrected chi connectivity index (χ0v) is 16.7. The number of aromatic amines is 1. The van der Waals surface area contributed by atoms with Crippen LogP contribution < -0.4 is 9.47 Å². The number of methoxy groups -OCH3 is 2. The topological polar surface area (TPSA) is 64.2 Å². The minimum atomic E-state index is 0. The first-order valence-electron chi connectivity index (χ1n) is 7.45. The fourth-order valence-electron chi connectivity index (χ4n) is 2.40. The van der Waals surface area contributed by atoms with Crippen molar-refractivity contribution >= 4 is 45.6 Å². The lowest BCUT2D eigenvalue weighted by Gasteiger charge is -2.08. The second kappa shape index (κ2) is 8.40. The van der Waals surface area contributed by atoms with Gasteiger partial charge in [-0.3, -0.25) is 4.79 Å². The third kappa shape index (κ3) is 4.35. The standard InChI is InChI=1S/C18H18N2O3S.BrH/c1-11-4-6-13-14(8-11)20-18(19-13)24-10-15(21)12-5-7-16(22-2)17(9-12)23-3;/h4-9H,10H2,1-3H3,(H,19,20);1H. The van der Waals surface area contributed by atoms with Gasteiger partial charge >= 0.3 is 0 Å². The van der Waals surface area contributed by atoms with E-state index in [1.54, 1.807) is 32.4 Å². The van der Waals surface area contributed by atoms with Gasteiger partial charge in [0.1, 0.15) is 0 Å². The summed E-state index contributed by atoms with van der Waals surface area (Å²) in [4.78, 5) is 20.1. The number of halogens is 1. The number of carbonyl (C=O) groups excluding carboxylic acids is 1. The molecule has 2 aromatic carbocycles. The summed E-state index contributed by atoms with van der Waals surface area (Å²) in [5, 5.41) is 0.740. The summed E-state index contributed by atoms with van der Waals surface area (Å²) in [6.45, 7) is 2.04. The van der Waals surface area contributed by atoms with E-state index in [-0.39, 0.29) is 22.8 Å². The van der Waals surface area contributed by atoms with Crippen molar-refractivity contribution in [3.05, 3.63) is 47.5 Å². The molecule has 3 rings (SSSR count). The molecule has 0 aliphatic carbocycles. The molecule has 25 heavy (non-hydrogen) atoms. The average Bonchev–Trinajstić information content (AvgIpc) is 3.00. The lowest BCUT2D eigenvalue weighted by Crippen LogP contribution is -2.03. The first-order valence-corrected chi connectivity index (χ1v) is 8.43. The molecule has 132 valence electrons. The number of benzene rings is 2. The third-order valence-corrected chi connectivity index (χ3v) is 4.53. The van der Waals surface area contributed by atoms with Crippen LogP contribution in [0.15, 0.2) is 41.6 Å². The van der Waals surface area contributed by atoms with Gasteiger partial charge < -0.3 is 14.5 Å². The molecular formula is C18H19BrN2O3S. The molecule has 0 aliphatic heterocycles. The van der Waals surface area contributed by atoms with E-state index in [4.69, 9.17) is 9.47 Å². The van der Waals surface area contributed by atoms with Gasteiger partial charge in [0.25, 0.3) is 0 Å². The van der Waals surface area contributed by atoms with E-state index in [1.807, 2.05) is 25.1 Å². The molecule has 5 nitrogen and oxygen atoms in total. The number of rotatable bonds is 6. The van der Waals surface area contributed by atoms with Crippen molar-refractivity contribution in [2.45, 2.75) is 12.1 Å². The van der Waals surface area contributed by atoms with Crippen LogP contribution in [0.3, 0.4) is 0 Å². The predicted octanol–water partition coefficient (Wildman–Crippen LogP) is 4.44. The number of imidazole rings is 1. The molecule has 0 saturated carbocycles. The van der Waals surface area contributed by atoms with Gasteiger partial charge in [-0.15, -0.1) is 17.0 Å². The van der Waals surface area contributed by atoms with Gasteiger partial charge in [-0.05, 0) is 42.8 Å². The minimum absolute atomic E-state index is 0. The Bertz CT molecular complexity index is 895. The van der Waals surface area contributed by atoms with Crippen molar-refractivity contribution in [3.63, 3.8) is 0 Å². The van der Waals surface area contributed by atoms with Crippen LogP contribution in [0.5, 0.6) is 11.5 Å². The number of nitrogens with one attached hydrogen (secondary N) is 1. The molecular weight excluding hydrogens is 404 g/mol. The molecule has 0 atom stereocenters. The van der Waals surface area contributed by atoms with Crippen LogP contribution in [0.1, 0.15) is 15.9 Å². The Morgan fingerprint density at radius 2 is 1.88 bits per heavy atom. The van der Waals surface area contributed by atoms with Crippen molar-refractivity contribution in [3.8, 4) is 11.5 Å². The lowest BCUT2D eigenvalue weighted by molar-refractivity contribution is 0.102. The number of carbonyl (C=O) groups is 1. The van der Waals surface area contributed by atoms with Crippen LogP contribution in [0.4, 0.5) is 0 Å². The first kappa shape index (κ1) is 19.3. The van der Waals surface area contributed by atoms with Crippen molar-refractivity contribution in [1.29, 1.82) is 0 Å². The van der Waals surface area contributed by atoms with E-state index in [0.717, 1.165) is 16.2 Å². The van der Waals surface area contributed by atoms with E-state index < -0.39 is 0 Å². The fraction of sp³-hybridized carbons (Fsp3) is 0.222. The molecule has 1 aromatic heterocycles. The molecule has 0 fully saturated rings. The Balaban J connectivity index is 0.00000225. The number of thioether (sulfide) groups is 1. The summed E-state index contributed by atoms with van der Waals surface area (Å²) in [5.41, 5.74) is 3.65. The van der Waals surface area contributed by atoms with Crippen LogP contribution in [0, 0.1) is 6.92 Å². The van der Waals surface area contributed by atoms with Crippen LogP contribution >= 0.6 is 28.7 Å². The largest absolute Gasteiger partial charge is 0.493 e. The molecule has 7 heteroatoms. The monoisotopic (exact) mass is 422 g/mol. The number of nitrogens with zero attached hydrogens (tertiary/aromatic N) is 1. The molecule has 1 heterocycles. The normalized spacial score (nSPS) is 10.4. The molecule has 0 radical (unpaired) electrons. The van der Waals surface area contributed by atoms with Gasteiger partial charge in [-0.1, -0.05) is 17.8 Å². The number of H-pyrrole nitrogens is 1. The van der Waals surface area contributed by atoms with Gasteiger partial charge in [0.15, 0.2) is 22.4 Å². The molecule has 0 aliphatic rings. The molecule has 0 unspecified atom stereocenters. The first-order chi connectivity index (χ1) is 11.6. The Morgan fingerprint density at radius 3 is 2.60 bits per heavy atom. The molecule has 3 aromatic rings. The predicted molar refractivity (Wildman–Crippen MR) is 106 cm³/mol. The zero-order valence-electron chi connectivity index (χ0n) is 14.2. The van der Waals surface area contributed by atoms with Gasteiger partial charge in [-0.2, -0.15) is 0 Å². The van der Waals surface area contributed by atoms with Crippen LogP contribution in [-0.4, -0.2) is 35.7 Å². The maximum atomic E-state index is 12.4. The number of aryl methyl sites for hydroxylation is 1. The number of hydrogen-bond donors (Lipinski definition) is 1. The molecule has 0 saturated heterocycles. The number of ether oxygens (including phenoxy) is 2.